The molecule has 32 heavy (non-hydrogen) atoms. The molecular formula is C22H30N4O6. The largest absolute Gasteiger partial charge is 0.509 e. The maximum atomic E-state index is 12.5. The lowest BCUT2D eigenvalue weighted by Crippen LogP contribution is -2.47. The lowest BCUT2D eigenvalue weighted by atomic mass is 9.88. The standard InChI is InChI=1S/C22H30N4O6/c1-20(10-6-4-3-5-7-11-20)32-19(28)30-15-16-22(15,29)18(27)21(2,31-16)14-9-8-13-17(23)24-12-25-26(13)14/h8-9,12,15-16,18,27,29H,3-7,10-11H2,1-2H3,(H2,23,24,25)/t15?,16-,18+,21+,22-/m1/s1. The second-order valence-corrected chi connectivity index (χ2v) is 9.70. The van der Waals surface area contributed by atoms with Crippen LogP contribution in [0.4, 0.5) is 10.6 Å². The molecular weight excluding hydrogens is 416 g/mol. The van der Waals surface area contributed by atoms with Gasteiger partial charge < -0.3 is 30.2 Å². The van der Waals surface area contributed by atoms with Crippen LogP contribution in [0.1, 0.15) is 64.5 Å². The summed E-state index contributed by atoms with van der Waals surface area (Å²) in [7, 11) is 0. The number of carbonyl (C=O) groups excluding carboxylic acids is 1. The number of rotatable bonds is 3. The van der Waals surface area contributed by atoms with Crippen LogP contribution in [-0.2, 0) is 19.8 Å². The highest BCUT2D eigenvalue weighted by Gasteiger charge is 2.82. The Bertz CT molecular complexity index is 1030. The van der Waals surface area contributed by atoms with Crippen LogP contribution in [-0.4, -0.2) is 60.5 Å². The normalized spacial score (nSPS) is 36.2. The number of hydrogen-bond acceptors (Lipinski definition) is 9. The van der Waals surface area contributed by atoms with Crippen molar-refractivity contribution in [2.75, 3.05) is 5.73 Å². The third kappa shape index (κ3) is 3.15. The fourth-order valence-electron chi connectivity index (χ4n) is 5.34. The van der Waals surface area contributed by atoms with Crippen LogP contribution < -0.4 is 5.73 Å². The van der Waals surface area contributed by atoms with Gasteiger partial charge in [0.05, 0.1) is 5.69 Å². The molecule has 5 rings (SSSR count). The van der Waals surface area contributed by atoms with E-state index in [4.69, 9.17) is 19.9 Å². The van der Waals surface area contributed by atoms with Crippen LogP contribution in [0.3, 0.4) is 0 Å². The Hall–Kier alpha value is -2.43. The molecule has 0 spiro atoms. The summed E-state index contributed by atoms with van der Waals surface area (Å²) in [5, 5.41) is 26.3. The number of aliphatic hydroxyl groups is 2. The summed E-state index contributed by atoms with van der Waals surface area (Å²) in [5.41, 5.74) is 3.39. The van der Waals surface area contributed by atoms with Gasteiger partial charge in [0.2, 0.25) is 0 Å². The van der Waals surface area contributed by atoms with Crippen molar-refractivity contribution in [3.63, 3.8) is 0 Å². The summed E-state index contributed by atoms with van der Waals surface area (Å²) in [6.07, 6.45) is 4.27. The van der Waals surface area contributed by atoms with Crippen LogP contribution in [0.2, 0.25) is 0 Å². The first-order valence-electron chi connectivity index (χ1n) is 11.3. The van der Waals surface area contributed by atoms with Crippen molar-refractivity contribution in [2.24, 2.45) is 0 Å². The Morgan fingerprint density at radius 3 is 2.56 bits per heavy atom. The van der Waals surface area contributed by atoms with E-state index in [2.05, 4.69) is 10.1 Å². The number of aliphatic hydroxyl groups excluding tert-OH is 1. The van der Waals surface area contributed by atoms with Crippen molar-refractivity contribution < 1.29 is 29.2 Å². The van der Waals surface area contributed by atoms with Gasteiger partial charge in [-0.25, -0.2) is 14.3 Å². The minimum Gasteiger partial charge on any atom is -0.428 e. The van der Waals surface area contributed by atoms with E-state index < -0.39 is 41.3 Å². The Morgan fingerprint density at radius 2 is 1.91 bits per heavy atom. The van der Waals surface area contributed by atoms with Crippen molar-refractivity contribution in [2.45, 2.75) is 93.9 Å². The van der Waals surface area contributed by atoms with Crippen molar-refractivity contribution >= 4 is 17.5 Å². The van der Waals surface area contributed by atoms with Gasteiger partial charge in [0.15, 0.2) is 17.5 Å². The number of nitrogens with zero attached hydrogens (tertiary/aromatic N) is 3. The molecule has 3 heterocycles. The Kier molecular flexibility index (Phi) is 4.88. The second kappa shape index (κ2) is 7.29. The zero-order valence-corrected chi connectivity index (χ0v) is 18.4. The first-order valence-corrected chi connectivity index (χ1v) is 11.3. The first kappa shape index (κ1) is 21.4. The summed E-state index contributed by atoms with van der Waals surface area (Å²) in [4.78, 5) is 16.5. The highest BCUT2D eigenvalue weighted by Crippen LogP contribution is 2.59. The van der Waals surface area contributed by atoms with Crippen molar-refractivity contribution in [1.29, 1.82) is 0 Å². The molecule has 1 aliphatic heterocycles. The zero-order valence-electron chi connectivity index (χ0n) is 18.4. The van der Waals surface area contributed by atoms with E-state index in [9.17, 15) is 15.0 Å². The van der Waals surface area contributed by atoms with E-state index in [1.165, 1.54) is 17.3 Å². The van der Waals surface area contributed by atoms with Gasteiger partial charge in [0, 0.05) is 0 Å². The van der Waals surface area contributed by atoms with E-state index >= 15 is 0 Å². The van der Waals surface area contributed by atoms with Crippen LogP contribution in [0.25, 0.3) is 5.52 Å². The minimum atomic E-state index is -1.72. The van der Waals surface area contributed by atoms with Crippen molar-refractivity contribution in [1.82, 2.24) is 14.6 Å². The predicted octanol–water partition coefficient (Wildman–Crippen LogP) is 2.06. The average molecular weight is 447 g/mol. The van der Waals surface area contributed by atoms with Gasteiger partial charge in [-0.15, -0.1) is 0 Å². The van der Waals surface area contributed by atoms with Crippen LogP contribution >= 0.6 is 0 Å². The number of hydrogen-bond donors (Lipinski definition) is 3. The monoisotopic (exact) mass is 446 g/mol. The quantitative estimate of drug-likeness (QED) is 0.604. The number of nitrogens with two attached hydrogens (primary N) is 1. The fourth-order valence-corrected chi connectivity index (χ4v) is 5.34. The molecule has 2 aromatic heterocycles. The van der Waals surface area contributed by atoms with Crippen LogP contribution in [0, 0.1) is 0 Å². The van der Waals surface area contributed by atoms with E-state index in [0.29, 0.717) is 11.2 Å². The van der Waals surface area contributed by atoms with Gasteiger partial charge in [-0.2, -0.15) is 5.10 Å². The van der Waals surface area contributed by atoms with Gasteiger partial charge in [0.1, 0.15) is 35.3 Å². The summed E-state index contributed by atoms with van der Waals surface area (Å²) in [6, 6.07) is 3.44. The molecule has 1 saturated heterocycles. The third-order valence-corrected chi connectivity index (χ3v) is 7.36. The number of fused-ring (bicyclic) bond motifs is 2. The number of carbonyl (C=O) groups is 1. The van der Waals surface area contributed by atoms with Gasteiger partial charge >= 0.3 is 6.16 Å². The smallest absolute Gasteiger partial charge is 0.428 e. The molecule has 4 N–H and O–H groups in total. The van der Waals surface area contributed by atoms with Crippen molar-refractivity contribution in [3.8, 4) is 0 Å². The number of aromatic nitrogens is 3. The van der Waals surface area contributed by atoms with E-state index in [1.54, 1.807) is 19.1 Å². The van der Waals surface area contributed by atoms with Crippen LogP contribution in [0.15, 0.2) is 18.5 Å². The molecule has 0 aromatic carbocycles. The lowest BCUT2D eigenvalue weighted by Gasteiger charge is -2.33. The molecule has 0 amide bonds. The Labute approximate surface area is 185 Å². The SMILES string of the molecule is CC1(OC(=O)OC2[C@H]3O[C@@](C)(c4ccc5c(N)ncnn45)[C@H](O)[C@@]23O)CCCCCCC1. The summed E-state index contributed by atoms with van der Waals surface area (Å²) in [5.74, 6) is 0.290. The van der Waals surface area contributed by atoms with Crippen LogP contribution in [0.5, 0.6) is 0 Å². The molecule has 2 aliphatic carbocycles. The molecule has 3 aliphatic rings. The molecule has 0 bridgehead atoms. The Balaban J connectivity index is 1.28. The van der Waals surface area contributed by atoms with Gasteiger partial charge in [-0.1, -0.05) is 19.3 Å². The Morgan fingerprint density at radius 1 is 1.22 bits per heavy atom. The fraction of sp³-hybridized carbons (Fsp3) is 0.682. The molecule has 1 unspecified atom stereocenters. The molecule has 10 heteroatoms. The number of anilines is 1. The topological polar surface area (TPSA) is 141 Å². The van der Waals surface area contributed by atoms with E-state index in [1.807, 2.05) is 6.92 Å². The highest BCUT2D eigenvalue weighted by atomic mass is 16.8. The number of ether oxygens (including phenoxy) is 3. The lowest BCUT2D eigenvalue weighted by molar-refractivity contribution is -0.137. The second-order valence-electron chi connectivity index (χ2n) is 9.70. The average Bonchev–Trinajstić information content (AvgIpc) is 3.04. The van der Waals surface area contributed by atoms with E-state index in [0.717, 1.165) is 38.5 Å². The molecule has 5 atom stereocenters. The molecule has 174 valence electrons. The van der Waals surface area contributed by atoms with Crippen molar-refractivity contribution in [3.05, 3.63) is 24.2 Å². The van der Waals surface area contributed by atoms with Gasteiger partial charge in [0.25, 0.3) is 0 Å². The molecule has 0 radical (unpaired) electrons. The summed E-state index contributed by atoms with van der Waals surface area (Å²) < 4.78 is 18.6. The maximum absolute atomic E-state index is 12.5. The molecule has 2 saturated carbocycles. The summed E-state index contributed by atoms with van der Waals surface area (Å²) >= 11 is 0. The third-order valence-electron chi connectivity index (χ3n) is 7.36. The molecule has 10 nitrogen and oxygen atoms in total. The van der Waals surface area contributed by atoms with E-state index in [-0.39, 0.29) is 5.82 Å². The first-order chi connectivity index (χ1) is 15.2. The molecule has 2 aromatic rings. The predicted molar refractivity (Wildman–Crippen MR) is 113 cm³/mol. The molecule has 3 fully saturated rings. The maximum Gasteiger partial charge on any atom is 0.509 e. The minimum absolute atomic E-state index is 0.290. The van der Waals surface area contributed by atoms with Gasteiger partial charge in [-0.3, -0.25) is 0 Å². The van der Waals surface area contributed by atoms with Gasteiger partial charge in [-0.05, 0) is 51.7 Å². The summed E-state index contributed by atoms with van der Waals surface area (Å²) in [6.45, 7) is 3.59. The number of nitrogen functional groups attached to an aromatic ring is 1. The zero-order chi connectivity index (χ0) is 22.7. The highest BCUT2D eigenvalue weighted by molar-refractivity contribution is 5.66.